The van der Waals surface area contributed by atoms with Crippen molar-refractivity contribution in [3.05, 3.63) is 28.0 Å². The molecule has 2 unspecified atom stereocenters. The fraction of sp³-hybridized carbons (Fsp3) is 0.625. The first-order valence-corrected chi connectivity index (χ1v) is 8.43. The smallest absolute Gasteiger partial charge is 0.138 e. The van der Waals surface area contributed by atoms with Gasteiger partial charge in [-0.15, -0.1) is 0 Å². The standard InChI is InChI=1S/C16H22BrFN2O/c1-20-9-10(8-19)5-15(20)13-6-11(18)7-14(17)16(13)21-12-3-2-4-12/h6-7,10,12,15H,2-5,8-9,19H2,1H3. The van der Waals surface area contributed by atoms with Gasteiger partial charge in [0.15, 0.2) is 0 Å². The minimum Gasteiger partial charge on any atom is -0.489 e. The first-order chi connectivity index (χ1) is 10.1. The number of halogens is 2. The Labute approximate surface area is 133 Å². The molecule has 3 nitrogen and oxygen atoms in total. The van der Waals surface area contributed by atoms with Crippen molar-refractivity contribution < 1.29 is 9.13 Å². The second-order valence-electron chi connectivity index (χ2n) is 6.27. The number of nitrogens with zero attached hydrogens (tertiary/aromatic N) is 1. The van der Waals surface area contributed by atoms with Crippen LogP contribution in [-0.4, -0.2) is 31.1 Å². The van der Waals surface area contributed by atoms with Crippen LogP contribution >= 0.6 is 15.9 Å². The fourth-order valence-corrected chi connectivity index (χ4v) is 3.79. The molecule has 1 aliphatic heterocycles. The second kappa shape index (κ2) is 6.23. The predicted octanol–water partition coefficient (Wildman–Crippen LogP) is 3.47. The van der Waals surface area contributed by atoms with Crippen LogP contribution in [0.25, 0.3) is 0 Å². The molecule has 1 aromatic rings. The Kier molecular flexibility index (Phi) is 4.52. The summed E-state index contributed by atoms with van der Waals surface area (Å²) in [6.07, 6.45) is 4.65. The van der Waals surface area contributed by atoms with Gasteiger partial charge < -0.3 is 10.5 Å². The second-order valence-corrected chi connectivity index (χ2v) is 7.12. The monoisotopic (exact) mass is 356 g/mol. The summed E-state index contributed by atoms with van der Waals surface area (Å²) in [5.74, 6) is 1.07. The number of benzene rings is 1. The maximum Gasteiger partial charge on any atom is 0.138 e. The molecule has 1 saturated heterocycles. The normalized spacial score (nSPS) is 26.9. The third kappa shape index (κ3) is 3.10. The Morgan fingerprint density at radius 2 is 2.19 bits per heavy atom. The molecule has 0 spiro atoms. The van der Waals surface area contributed by atoms with Crippen LogP contribution in [0.1, 0.15) is 37.3 Å². The van der Waals surface area contributed by atoms with E-state index in [0.29, 0.717) is 16.9 Å². The summed E-state index contributed by atoms with van der Waals surface area (Å²) in [5.41, 5.74) is 6.76. The van der Waals surface area contributed by atoms with E-state index in [0.717, 1.165) is 37.1 Å². The number of hydrogen-bond donors (Lipinski definition) is 1. The van der Waals surface area contributed by atoms with Crippen LogP contribution < -0.4 is 10.5 Å². The van der Waals surface area contributed by atoms with Crippen LogP contribution in [0.2, 0.25) is 0 Å². The maximum absolute atomic E-state index is 13.9. The lowest BCUT2D eigenvalue weighted by molar-refractivity contribution is 0.115. The highest BCUT2D eigenvalue weighted by Crippen LogP contribution is 2.43. The molecule has 3 rings (SSSR count). The molecule has 21 heavy (non-hydrogen) atoms. The molecule has 2 fully saturated rings. The van der Waals surface area contributed by atoms with Crippen molar-refractivity contribution in [2.24, 2.45) is 11.7 Å². The van der Waals surface area contributed by atoms with Crippen molar-refractivity contribution in [3.63, 3.8) is 0 Å². The maximum atomic E-state index is 13.9. The Balaban J connectivity index is 1.92. The lowest BCUT2D eigenvalue weighted by atomic mass is 9.95. The molecule has 0 aromatic heterocycles. The van der Waals surface area contributed by atoms with Gasteiger partial charge in [-0.2, -0.15) is 0 Å². The fourth-order valence-electron chi connectivity index (χ4n) is 3.25. The van der Waals surface area contributed by atoms with E-state index in [2.05, 4.69) is 27.9 Å². The van der Waals surface area contributed by atoms with Gasteiger partial charge in [0, 0.05) is 18.2 Å². The summed E-state index contributed by atoms with van der Waals surface area (Å²) >= 11 is 3.47. The van der Waals surface area contributed by atoms with E-state index >= 15 is 0 Å². The van der Waals surface area contributed by atoms with Crippen LogP contribution in [0.4, 0.5) is 4.39 Å². The highest BCUT2D eigenvalue weighted by Gasteiger charge is 2.33. The molecule has 2 aliphatic rings. The zero-order chi connectivity index (χ0) is 15.0. The number of likely N-dealkylation sites (tertiary alicyclic amines) is 1. The topological polar surface area (TPSA) is 38.5 Å². The summed E-state index contributed by atoms with van der Waals surface area (Å²) in [5, 5.41) is 0. The minimum absolute atomic E-state index is 0.181. The molecule has 1 aliphatic carbocycles. The SMILES string of the molecule is CN1CC(CN)CC1c1cc(F)cc(Br)c1OC1CCC1. The van der Waals surface area contributed by atoms with Crippen LogP contribution in [0, 0.1) is 11.7 Å². The minimum atomic E-state index is -0.220. The van der Waals surface area contributed by atoms with Gasteiger partial charge in [0.1, 0.15) is 11.6 Å². The van der Waals surface area contributed by atoms with E-state index in [4.69, 9.17) is 10.5 Å². The number of hydrogen-bond acceptors (Lipinski definition) is 3. The van der Waals surface area contributed by atoms with Crippen molar-refractivity contribution in [1.29, 1.82) is 0 Å². The van der Waals surface area contributed by atoms with Crippen molar-refractivity contribution in [3.8, 4) is 5.75 Å². The van der Waals surface area contributed by atoms with Gasteiger partial charge in [0.25, 0.3) is 0 Å². The van der Waals surface area contributed by atoms with Crippen molar-refractivity contribution >= 4 is 15.9 Å². The predicted molar refractivity (Wildman–Crippen MR) is 84.9 cm³/mol. The third-order valence-electron chi connectivity index (χ3n) is 4.70. The highest BCUT2D eigenvalue weighted by molar-refractivity contribution is 9.10. The molecule has 0 radical (unpaired) electrons. The van der Waals surface area contributed by atoms with Gasteiger partial charge in [0.05, 0.1) is 10.6 Å². The molecule has 116 valence electrons. The Bertz CT molecular complexity index is 521. The average Bonchev–Trinajstić information content (AvgIpc) is 2.76. The Morgan fingerprint density at radius 1 is 1.43 bits per heavy atom. The molecular formula is C16H22BrFN2O. The van der Waals surface area contributed by atoms with Crippen LogP contribution in [-0.2, 0) is 0 Å². The van der Waals surface area contributed by atoms with Crippen molar-refractivity contribution in [2.45, 2.75) is 37.8 Å². The Hall–Kier alpha value is -0.650. The van der Waals surface area contributed by atoms with Gasteiger partial charge in [-0.05, 0) is 73.3 Å². The number of ether oxygens (including phenoxy) is 1. The molecular weight excluding hydrogens is 335 g/mol. The molecule has 1 heterocycles. The third-order valence-corrected chi connectivity index (χ3v) is 5.29. The van der Waals surface area contributed by atoms with E-state index in [1.54, 1.807) is 6.07 Å². The lowest BCUT2D eigenvalue weighted by Crippen LogP contribution is -2.26. The first kappa shape index (κ1) is 15.3. The molecule has 2 atom stereocenters. The lowest BCUT2D eigenvalue weighted by Gasteiger charge is -2.30. The van der Waals surface area contributed by atoms with E-state index in [9.17, 15) is 4.39 Å². The summed E-state index contributed by atoms with van der Waals surface area (Å²) in [7, 11) is 2.08. The molecule has 0 bridgehead atoms. The van der Waals surface area contributed by atoms with Gasteiger partial charge in [0.2, 0.25) is 0 Å². The van der Waals surface area contributed by atoms with Crippen LogP contribution in [0.15, 0.2) is 16.6 Å². The molecule has 1 aromatic carbocycles. The summed E-state index contributed by atoms with van der Waals surface area (Å²) in [4.78, 5) is 2.26. The largest absolute Gasteiger partial charge is 0.489 e. The van der Waals surface area contributed by atoms with Gasteiger partial charge in [-0.25, -0.2) is 4.39 Å². The molecule has 1 saturated carbocycles. The summed E-state index contributed by atoms with van der Waals surface area (Å²) in [6, 6.07) is 3.30. The zero-order valence-electron chi connectivity index (χ0n) is 12.3. The number of nitrogens with two attached hydrogens (primary N) is 1. The average molecular weight is 357 g/mol. The van der Waals surface area contributed by atoms with E-state index in [1.165, 1.54) is 12.5 Å². The van der Waals surface area contributed by atoms with Crippen LogP contribution in [0.3, 0.4) is 0 Å². The summed E-state index contributed by atoms with van der Waals surface area (Å²) < 4.78 is 20.7. The zero-order valence-corrected chi connectivity index (χ0v) is 13.9. The van der Waals surface area contributed by atoms with Gasteiger partial charge >= 0.3 is 0 Å². The molecule has 0 amide bonds. The van der Waals surface area contributed by atoms with Crippen molar-refractivity contribution in [1.82, 2.24) is 4.90 Å². The van der Waals surface area contributed by atoms with Crippen LogP contribution in [0.5, 0.6) is 5.75 Å². The summed E-state index contributed by atoms with van der Waals surface area (Å²) in [6.45, 7) is 1.63. The Morgan fingerprint density at radius 3 is 2.76 bits per heavy atom. The number of rotatable bonds is 4. The quantitative estimate of drug-likeness (QED) is 0.897. The highest BCUT2D eigenvalue weighted by atomic mass is 79.9. The molecule has 2 N–H and O–H groups in total. The van der Waals surface area contributed by atoms with Crippen molar-refractivity contribution in [2.75, 3.05) is 20.1 Å². The first-order valence-electron chi connectivity index (χ1n) is 7.64. The van der Waals surface area contributed by atoms with Gasteiger partial charge in [-0.1, -0.05) is 0 Å². The van der Waals surface area contributed by atoms with E-state index in [-0.39, 0.29) is 18.0 Å². The van der Waals surface area contributed by atoms with E-state index < -0.39 is 0 Å². The molecule has 5 heteroatoms. The van der Waals surface area contributed by atoms with Gasteiger partial charge in [-0.3, -0.25) is 4.90 Å². The van der Waals surface area contributed by atoms with E-state index in [1.807, 2.05) is 0 Å².